The van der Waals surface area contributed by atoms with E-state index in [1.54, 1.807) is 12.1 Å². The molecule has 4 heterocycles. The Labute approximate surface area is 294 Å². The summed E-state index contributed by atoms with van der Waals surface area (Å²) in [6, 6.07) is 11.2. The van der Waals surface area contributed by atoms with Crippen molar-refractivity contribution in [1.29, 1.82) is 0 Å². The van der Waals surface area contributed by atoms with Gasteiger partial charge in [-0.3, -0.25) is 0 Å². The van der Waals surface area contributed by atoms with Gasteiger partial charge in [-0.25, -0.2) is 9.59 Å². The average Bonchev–Trinajstić information content (AvgIpc) is 3.73. The second-order valence-corrected chi connectivity index (χ2v) is 14.2. The lowest BCUT2D eigenvalue weighted by Crippen LogP contribution is -2.47. The van der Waals surface area contributed by atoms with Crippen molar-refractivity contribution < 1.29 is 47.5 Å². The Hall–Kier alpha value is -3.70. The number of allylic oxidation sites excluding steroid dienone is 2. The first-order valence-corrected chi connectivity index (χ1v) is 17.8. The molecule has 268 valence electrons. The monoisotopic (exact) mass is 688 g/mol. The van der Waals surface area contributed by atoms with Crippen LogP contribution in [-0.4, -0.2) is 77.4 Å². The molecule has 2 aliphatic carbocycles. The maximum atomic E-state index is 11.9. The molecule has 2 aromatic rings. The second kappa shape index (κ2) is 13.8. The fraction of sp³-hybridized carbons (Fsp3) is 0.550. The Bertz CT molecular complexity index is 1500. The fourth-order valence-electron chi connectivity index (χ4n) is 9.39. The first-order chi connectivity index (χ1) is 24.2. The van der Waals surface area contributed by atoms with Gasteiger partial charge < -0.3 is 37.9 Å². The van der Waals surface area contributed by atoms with Crippen molar-refractivity contribution in [2.75, 3.05) is 53.9 Å². The lowest BCUT2D eigenvalue weighted by Gasteiger charge is -2.47. The molecule has 2 spiro atoms. The van der Waals surface area contributed by atoms with E-state index in [4.69, 9.17) is 37.9 Å². The summed E-state index contributed by atoms with van der Waals surface area (Å²) in [5.74, 6) is 0.611. The highest BCUT2D eigenvalue weighted by Gasteiger charge is 2.54. The molecule has 50 heavy (non-hydrogen) atoms. The van der Waals surface area contributed by atoms with Gasteiger partial charge in [0.15, 0.2) is 11.6 Å². The van der Waals surface area contributed by atoms with Crippen LogP contribution in [0.15, 0.2) is 61.7 Å². The highest BCUT2D eigenvalue weighted by molar-refractivity contribution is 5.90. The van der Waals surface area contributed by atoms with Gasteiger partial charge in [0, 0.05) is 47.6 Å². The molecular formula is C40H48O10. The van der Waals surface area contributed by atoms with Gasteiger partial charge in [0.2, 0.25) is 0 Å². The quantitative estimate of drug-likeness (QED) is 0.263. The molecule has 2 aromatic carbocycles. The van der Waals surface area contributed by atoms with E-state index in [2.05, 4.69) is 25.3 Å². The Kier molecular flexibility index (Phi) is 9.58. The van der Waals surface area contributed by atoms with E-state index in [1.165, 1.54) is 14.2 Å². The maximum absolute atomic E-state index is 11.9. The van der Waals surface area contributed by atoms with Gasteiger partial charge in [0.1, 0.15) is 11.5 Å². The summed E-state index contributed by atoms with van der Waals surface area (Å²) in [5, 5.41) is 0. The molecule has 10 nitrogen and oxygen atoms in total. The molecular weight excluding hydrogens is 640 g/mol. The normalized spacial score (nSPS) is 29.9. The molecule has 0 unspecified atom stereocenters. The summed E-state index contributed by atoms with van der Waals surface area (Å²) in [6.07, 6.45) is 11.1. The summed E-state index contributed by atoms with van der Waals surface area (Å²) in [6.45, 7) is 12.2. The third kappa shape index (κ3) is 5.93. The molecule has 4 fully saturated rings. The number of benzene rings is 2. The Morgan fingerprint density at radius 2 is 1.04 bits per heavy atom. The molecule has 0 bridgehead atoms. The standard InChI is InChI=1S/2C20H24O5/c2*1-3-19-7-8-20(24-10-11-25-20)13-15(19)6-9-23-17-12-14(18(21)22-2)4-5-16(17)19/h2*3-5,12,15H,1,6-11,13H2,2H3/t2*15-,19+/m10/s1. The van der Waals surface area contributed by atoms with Crippen LogP contribution in [-0.2, 0) is 39.3 Å². The van der Waals surface area contributed by atoms with Gasteiger partial charge in [0.05, 0.1) is 65.0 Å². The smallest absolute Gasteiger partial charge is 0.337 e. The van der Waals surface area contributed by atoms with Gasteiger partial charge in [-0.2, -0.15) is 0 Å². The Balaban J connectivity index is 0.000000157. The predicted octanol–water partition coefficient (Wildman–Crippen LogP) is 6.45. The topological polar surface area (TPSA) is 108 Å². The minimum Gasteiger partial charge on any atom is -0.493 e. The van der Waals surface area contributed by atoms with E-state index in [0.29, 0.717) is 62.6 Å². The number of methoxy groups -OCH3 is 2. The van der Waals surface area contributed by atoms with Crippen LogP contribution < -0.4 is 9.47 Å². The third-order valence-electron chi connectivity index (χ3n) is 12.0. The molecule has 4 aliphatic heterocycles. The van der Waals surface area contributed by atoms with Gasteiger partial charge >= 0.3 is 11.9 Å². The van der Waals surface area contributed by atoms with Crippen molar-refractivity contribution in [2.24, 2.45) is 11.8 Å². The van der Waals surface area contributed by atoms with Crippen LogP contribution in [0.2, 0.25) is 0 Å². The summed E-state index contributed by atoms with van der Waals surface area (Å²) < 4.78 is 45.5. The number of rotatable bonds is 4. The first kappa shape index (κ1) is 34.7. The largest absolute Gasteiger partial charge is 0.493 e. The number of hydrogen-bond acceptors (Lipinski definition) is 10. The van der Waals surface area contributed by atoms with Gasteiger partial charge in [-0.1, -0.05) is 24.3 Å². The zero-order valence-electron chi connectivity index (χ0n) is 29.2. The molecule has 0 amide bonds. The van der Waals surface area contributed by atoms with Crippen LogP contribution >= 0.6 is 0 Å². The Morgan fingerprint density at radius 1 is 0.640 bits per heavy atom. The second-order valence-electron chi connectivity index (χ2n) is 14.2. The van der Waals surface area contributed by atoms with E-state index in [9.17, 15) is 9.59 Å². The summed E-state index contributed by atoms with van der Waals surface area (Å²) in [7, 11) is 2.77. The number of carbonyl (C=O) groups excluding carboxylic acids is 2. The molecule has 10 heteroatoms. The van der Waals surface area contributed by atoms with Crippen LogP contribution in [0, 0.1) is 11.8 Å². The summed E-state index contributed by atoms with van der Waals surface area (Å²) in [4.78, 5) is 23.7. The van der Waals surface area contributed by atoms with E-state index < -0.39 is 11.6 Å². The van der Waals surface area contributed by atoms with Crippen LogP contribution in [0.1, 0.15) is 83.2 Å². The highest BCUT2D eigenvalue weighted by atomic mass is 16.7. The summed E-state index contributed by atoms with van der Waals surface area (Å²) >= 11 is 0. The zero-order valence-corrected chi connectivity index (χ0v) is 29.2. The lowest BCUT2D eigenvalue weighted by molar-refractivity contribution is -0.196. The maximum Gasteiger partial charge on any atom is 0.337 e. The van der Waals surface area contributed by atoms with E-state index in [-0.39, 0.29) is 22.8 Å². The predicted molar refractivity (Wildman–Crippen MR) is 183 cm³/mol. The van der Waals surface area contributed by atoms with Gasteiger partial charge in [0.25, 0.3) is 0 Å². The van der Waals surface area contributed by atoms with Crippen molar-refractivity contribution in [2.45, 2.75) is 73.8 Å². The van der Waals surface area contributed by atoms with Gasteiger partial charge in [-0.05, 0) is 61.8 Å². The van der Waals surface area contributed by atoms with Crippen molar-refractivity contribution in [1.82, 2.24) is 0 Å². The molecule has 4 atom stereocenters. The van der Waals surface area contributed by atoms with Crippen molar-refractivity contribution in [3.63, 3.8) is 0 Å². The molecule has 0 radical (unpaired) electrons. The van der Waals surface area contributed by atoms with Crippen molar-refractivity contribution in [3.8, 4) is 11.5 Å². The lowest BCUT2D eigenvalue weighted by atomic mass is 9.60. The molecule has 2 saturated carbocycles. The van der Waals surface area contributed by atoms with Crippen LogP contribution in [0.5, 0.6) is 11.5 Å². The van der Waals surface area contributed by atoms with Crippen LogP contribution in [0.4, 0.5) is 0 Å². The number of carbonyl (C=O) groups is 2. The van der Waals surface area contributed by atoms with E-state index in [0.717, 1.165) is 74.0 Å². The first-order valence-electron chi connectivity index (χ1n) is 17.8. The van der Waals surface area contributed by atoms with Crippen molar-refractivity contribution in [3.05, 3.63) is 84.0 Å². The van der Waals surface area contributed by atoms with Crippen molar-refractivity contribution >= 4 is 11.9 Å². The minimum absolute atomic E-state index is 0.180. The summed E-state index contributed by atoms with van der Waals surface area (Å²) in [5.41, 5.74) is 2.86. The van der Waals surface area contributed by atoms with E-state index in [1.807, 2.05) is 24.3 Å². The fourth-order valence-corrected chi connectivity index (χ4v) is 9.39. The van der Waals surface area contributed by atoms with Gasteiger partial charge in [-0.15, -0.1) is 13.2 Å². The molecule has 2 saturated heterocycles. The number of ether oxygens (including phenoxy) is 8. The molecule has 6 aliphatic rings. The van der Waals surface area contributed by atoms with Crippen LogP contribution in [0.25, 0.3) is 0 Å². The molecule has 0 N–H and O–H groups in total. The minimum atomic E-state index is -0.437. The number of esters is 2. The number of fused-ring (bicyclic) bond motifs is 6. The van der Waals surface area contributed by atoms with Crippen LogP contribution in [0.3, 0.4) is 0 Å². The Morgan fingerprint density at radius 3 is 1.40 bits per heavy atom. The average molecular weight is 689 g/mol. The third-order valence-corrected chi connectivity index (χ3v) is 12.0. The highest BCUT2D eigenvalue weighted by Crippen LogP contribution is 2.56. The molecule has 0 aromatic heterocycles. The zero-order chi connectivity index (χ0) is 35.0. The molecule has 8 rings (SSSR count). The SMILES string of the molecule is C=C[C@@]12CCC3(C[C@@H]1CCOc1cc(C(=O)OC)ccc12)OCCO3.C=C[C@]12CCC3(C[C@H]1CCOc1cc(C(=O)OC)ccc12)OCCO3. The van der Waals surface area contributed by atoms with E-state index >= 15 is 0 Å². The number of hydrogen-bond donors (Lipinski definition) is 0.